The molecule has 1 amide bonds. The normalized spacial score (nSPS) is 10.2. The highest BCUT2D eigenvalue weighted by Gasteiger charge is 2.13. The molecule has 17 heavy (non-hydrogen) atoms. The molecule has 3 N–H and O–H groups in total. The summed E-state index contributed by atoms with van der Waals surface area (Å²) in [6, 6.07) is 5.40. The molecule has 0 radical (unpaired) electrons. The highest BCUT2D eigenvalue weighted by molar-refractivity contribution is 7.12. The second-order valence-electron chi connectivity index (χ2n) is 3.28. The van der Waals surface area contributed by atoms with Crippen molar-refractivity contribution in [1.82, 2.24) is 0 Å². The Balaban J connectivity index is 2.24. The smallest absolute Gasteiger partial charge is 0.267 e. The molecule has 0 aliphatic rings. The lowest BCUT2D eigenvalue weighted by atomic mass is 10.2. The van der Waals surface area contributed by atoms with E-state index in [9.17, 15) is 9.18 Å². The molecule has 1 aromatic carbocycles. The number of hydrogen-bond acceptors (Lipinski definition) is 3. The molecule has 6 heteroatoms. The monoisotopic (exact) mass is 270 g/mol. The van der Waals surface area contributed by atoms with Gasteiger partial charge in [0.1, 0.15) is 10.7 Å². The Hall–Kier alpha value is -1.59. The minimum Gasteiger partial charge on any atom is -0.397 e. The zero-order chi connectivity index (χ0) is 12.4. The van der Waals surface area contributed by atoms with Gasteiger partial charge in [-0.1, -0.05) is 11.6 Å². The summed E-state index contributed by atoms with van der Waals surface area (Å²) >= 11 is 7.02. The SMILES string of the molecule is Nc1ccc(F)cc1NC(=O)c1sccc1Cl. The molecule has 0 fully saturated rings. The van der Waals surface area contributed by atoms with Gasteiger partial charge in [-0.3, -0.25) is 4.79 Å². The Morgan fingerprint density at radius 1 is 1.41 bits per heavy atom. The summed E-state index contributed by atoms with van der Waals surface area (Å²) in [5, 5.41) is 4.58. The molecule has 0 aliphatic carbocycles. The zero-order valence-corrected chi connectivity index (χ0v) is 10.1. The van der Waals surface area contributed by atoms with Gasteiger partial charge in [0.15, 0.2) is 0 Å². The second-order valence-corrected chi connectivity index (χ2v) is 4.61. The van der Waals surface area contributed by atoms with Crippen molar-refractivity contribution in [3.63, 3.8) is 0 Å². The Morgan fingerprint density at radius 3 is 2.82 bits per heavy atom. The van der Waals surface area contributed by atoms with Crippen LogP contribution in [0.4, 0.5) is 15.8 Å². The summed E-state index contributed by atoms with van der Waals surface area (Å²) in [6.45, 7) is 0. The van der Waals surface area contributed by atoms with Crippen LogP contribution in [0, 0.1) is 5.82 Å². The van der Waals surface area contributed by atoms with Gasteiger partial charge in [-0.15, -0.1) is 11.3 Å². The number of amides is 1. The third-order valence-corrected chi connectivity index (χ3v) is 3.43. The van der Waals surface area contributed by atoms with Crippen LogP contribution in [0.1, 0.15) is 9.67 Å². The van der Waals surface area contributed by atoms with Crippen LogP contribution in [0.2, 0.25) is 5.02 Å². The number of nitrogens with two attached hydrogens (primary N) is 1. The minimum absolute atomic E-state index is 0.236. The number of thiophene rings is 1. The molecular weight excluding hydrogens is 263 g/mol. The van der Waals surface area contributed by atoms with Crippen molar-refractivity contribution in [3.8, 4) is 0 Å². The topological polar surface area (TPSA) is 55.1 Å². The predicted octanol–water partition coefficient (Wildman–Crippen LogP) is 3.38. The van der Waals surface area contributed by atoms with Gasteiger partial charge in [0.25, 0.3) is 5.91 Å². The van der Waals surface area contributed by atoms with E-state index < -0.39 is 11.7 Å². The molecule has 1 heterocycles. The number of hydrogen-bond donors (Lipinski definition) is 2. The average molecular weight is 271 g/mol. The van der Waals surface area contributed by atoms with Gasteiger partial charge in [-0.25, -0.2) is 4.39 Å². The number of halogens is 2. The van der Waals surface area contributed by atoms with E-state index >= 15 is 0 Å². The lowest BCUT2D eigenvalue weighted by Gasteiger charge is -2.07. The summed E-state index contributed by atoms with van der Waals surface area (Å²) in [5.41, 5.74) is 6.15. The van der Waals surface area contributed by atoms with Crippen LogP contribution >= 0.6 is 22.9 Å². The largest absolute Gasteiger partial charge is 0.397 e. The van der Waals surface area contributed by atoms with E-state index in [1.807, 2.05) is 0 Å². The van der Waals surface area contributed by atoms with Crippen molar-refractivity contribution in [2.45, 2.75) is 0 Å². The highest BCUT2D eigenvalue weighted by atomic mass is 35.5. The summed E-state index contributed by atoms with van der Waals surface area (Å²) in [7, 11) is 0. The van der Waals surface area contributed by atoms with Crippen molar-refractivity contribution in [3.05, 3.63) is 45.4 Å². The van der Waals surface area contributed by atoms with Crippen LogP contribution in [0.3, 0.4) is 0 Å². The van der Waals surface area contributed by atoms with E-state index in [1.165, 1.54) is 23.5 Å². The molecule has 0 atom stereocenters. The number of anilines is 2. The van der Waals surface area contributed by atoms with Gasteiger partial charge in [-0.05, 0) is 29.6 Å². The van der Waals surface area contributed by atoms with Crippen LogP contribution in [-0.4, -0.2) is 5.91 Å². The number of rotatable bonds is 2. The zero-order valence-electron chi connectivity index (χ0n) is 8.54. The average Bonchev–Trinajstić information content (AvgIpc) is 2.70. The maximum atomic E-state index is 13.0. The summed E-state index contributed by atoms with van der Waals surface area (Å²) < 4.78 is 13.0. The molecule has 0 saturated carbocycles. The summed E-state index contributed by atoms with van der Waals surface area (Å²) in [5.74, 6) is -0.867. The van der Waals surface area contributed by atoms with Gasteiger partial charge in [-0.2, -0.15) is 0 Å². The molecule has 0 bridgehead atoms. The van der Waals surface area contributed by atoms with Crippen LogP contribution in [0.5, 0.6) is 0 Å². The molecule has 0 spiro atoms. The molecule has 0 unspecified atom stereocenters. The van der Waals surface area contributed by atoms with Gasteiger partial charge in [0, 0.05) is 0 Å². The molecule has 0 saturated heterocycles. The van der Waals surface area contributed by atoms with Crippen molar-refractivity contribution < 1.29 is 9.18 Å². The lowest BCUT2D eigenvalue weighted by molar-refractivity contribution is 0.103. The van der Waals surface area contributed by atoms with Crippen LogP contribution in [0.15, 0.2) is 29.6 Å². The fourth-order valence-electron chi connectivity index (χ4n) is 1.27. The van der Waals surface area contributed by atoms with Crippen LogP contribution in [-0.2, 0) is 0 Å². The number of nitrogens with one attached hydrogen (secondary N) is 1. The fraction of sp³-hybridized carbons (Fsp3) is 0. The summed E-state index contributed by atoms with van der Waals surface area (Å²) in [4.78, 5) is 12.2. The molecule has 2 aromatic rings. The van der Waals surface area contributed by atoms with E-state index in [0.717, 1.165) is 6.07 Å². The van der Waals surface area contributed by atoms with Gasteiger partial charge in [0.05, 0.1) is 16.4 Å². The summed E-state index contributed by atoms with van der Waals surface area (Å²) in [6.07, 6.45) is 0. The highest BCUT2D eigenvalue weighted by Crippen LogP contribution is 2.25. The Kier molecular flexibility index (Phi) is 3.31. The standard InChI is InChI=1S/C11H8ClFN2OS/c12-7-3-4-17-10(7)11(16)15-9-5-6(13)1-2-8(9)14/h1-5H,14H2,(H,15,16). The first-order valence-corrected chi connectivity index (χ1v) is 5.93. The molecule has 0 aliphatic heterocycles. The molecular formula is C11H8ClFN2OS. The quantitative estimate of drug-likeness (QED) is 0.822. The third-order valence-electron chi connectivity index (χ3n) is 2.09. The second kappa shape index (κ2) is 4.73. The van der Waals surface area contributed by atoms with E-state index in [-0.39, 0.29) is 5.69 Å². The number of benzene rings is 1. The van der Waals surface area contributed by atoms with Crippen molar-refractivity contribution in [2.24, 2.45) is 0 Å². The third kappa shape index (κ3) is 2.57. The van der Waals surface area contributed by atoms with Crippen LogP contribution in [0.25, 0.3) is 0 Å². The number of carbonyl (C=O) groups excluding carboxylic acids is 1. The van der Waals surface area contributed by atoms with Crippen molar-refractivity contribution in [1.29, 1.82) is 0 Å². The van der Waals surface area contributed by atoms with Gasteiger partial charge >= 0.3 is 0 Å². The molecule has 88 valence electrons. The van der Waals surface area contributed by atoms with Gasteiger partial charge in [0.2, 0.25) is 0 Å². The number of carbonyl (C=O) groups is 1. The fourth-order valence-corrected chi connectivity index (χ4v) is 2.31. The lowest BCUT2D eigenvalue weighted by Crippen LogP contribution is -2.12. The minimum atomic E-state index is -0.466. The molecule has 3 nitrogen and oxygen atoms in total. The predicted molar refractivity (Wildman–Crippen MR) is 68.1 cm³/mol. The first-order valence-electron chi connectivity index (χ1n) is 4.67. The Labute approximate surface area is 106 Å². The first kappa shape index (κ1) is 11.9. The van der Waals surface area contributed by atoms with E-state index in [4.69, 9.17) is 17.3 Å². The Bertz CT molecular complexity index is 570. The number of nitrogen functional groups attached to an aromatic ring is 1. The molecule has 2 rings (SSSR count). The maximum absolute atomic E-state index is 13.0. The van der Waals surface area contributed by atoms with Crippen molar-refractivity contribution in [2.75, 3.05) is 11.1 Å². The van der Waals surface area contributed by atoms with E-state index in [2.05, 4.69) is 5.32 Å². The van der Waals surface area contributed by atoms with E-state index in [1.54, 1.807) is 11.4 Å². The Morgan fingerprint density at radius 2 is 2.18 bits per heavy atom. The first-order chi connectivity index (χ1) is 8.08. The van der Waals surface area contributed by atoms with Crippen LogP contribution < -0.4 is 11.1 Å². The molecule has 1 aromatic heterocycles. The maximum Gasteiger partial charge on any atom is 0.267 e. The van der Waals surface area contributed by atoms with Gasteiger partial charge < -0.3 is 11.1 Å². The van der Waals surface area contributed by atoms with E-state index in [0.29, 0.717) is 15.6 Å². The van der Waals surface area contributed by atoms with Crippen molar-refractivity contribution >= 4 is 40.2 Å².